The highest BCUT2D eigenvalue weighted by Crippen LogP contribution is 2.48. The Morgan fingerprint density at radius 1 is 0.929 bits per heavy atom. The van der Waals surface area contributed by atoms with Crippen LogP contribution in [-0.2, 0) is 5.60 Å². The number of carbonyl (C=O) groups excluding carboxylic acids is 1. The number of fused-ring (bicyclic) bond motifs is 1. The van der Waals surface area contributed by atoms with E-state index in [2.05, 4.69) is 0 Å². The Hall–Kier alpha value is -2.98. The summed E-state index contributed by atoms with van der Waals surface area (Å²) in [4.78, 5) is 13.3. The number of carbonyl (C=O) groups is 1. The van der Waals surface area contributed by atoms with Crippen LogP contribution in [-0.4, -0.2) is 20.0 Å². The van der Waals surface area contributed by atoms with Gasteiger partial charge in [-0.2, -0.15) is 0 Å². The summed E-state index contributed by atoms with van der Waals surface area (Å²) >= 11 is 6.26. The van der Waals surface area contributed by atoms with Crippen LogP contribution in [0.15, 0.2) is 66.7 Å². The van der Waals surface area contributed by atoms with Crippen molar-refractivity contribution in [3.05, 3.63) is 88.4 Å². The van der Waals surface area contributed by atoms with E-state index in [4.69, 9.17) is 25.8 Å². The second-order valence-electron chi connectivity index (χ2n) is 6.61. The van der Waals surface area contributed by atoms with Gasteiger partial charge < -0.3 is 14.2 Å². The van der Waals surface area contributed by atoms with Gasteiger partial charge >= 0.3 is 0 Å². The van der Waals surface area contributed by atoms with Crippen molar-refractivity contribution in [3.63, 3.8) is 0 Å². The highest BCUT2D eigenvalue weighted by atomic mass is 35.5. The third kappa shape index (κ3) is 3.00. The van der Waals surface area contributed by atoms with E-state index >= 15 is 0 Å². The second-order valence-corrected chi connectivity index (χ2v) is 7.04. The van der Waals surface area contributed by atoms with Crippen LogP contribution in [0, 0.1) is 0 Å². The zero-order valence-corrected chi connectivity index (χ0v) is 16.3. The maximum Gasteiger partial charge on any atom is 0.175 e. The number of halogens is 1. The van der Waals surface area contributed by atoms with Gasteiger partial charge in [0.05, 0.1) is 20.6 Å². The Morgan fingerprint density at radius 3 is 2.36 bits per heavy atom. The first kappa shape index (κ1) is 18.4. The fourth-order valence-electron chi connectivity index (χ4n) is 3.67. The van der Waals surface area contributed by atoms with Gasteiger partial charge in [0.2, 0.25) is 0 Å². The Labute approximate surface area is 168 Å². The number of benzene rings is 3. The molecule has 3 aromatic rings. The number of methoxy groups -OCH3 is 2. The molecule has 0 saturated heterocycles. The number of ketones is 1. The molecule has 1 aliphatic rings. The fraction of sp³-hybridized carbons (Fsp3) is 0.174. The number of hydrogen-bond donors (Lipinski definition) is 0. The summed E-state index contributed by atoms with van der Waals surface area (Å²) in [5.74, 6) is 1.35. The number of rotatable bonds is 4. The van der Waals surface area contributed by atoms with Crippen molar-refractivity contribution in [2.24, 2.45) is 0 Å². The standard InChI is InChI=1S/C23H19ClO4/c1-26-18-12-20(27-2)22-19(25)14-23(28-21(22)13-18,15-7-4-3-5-8-15)16-9-6-10-17(24)11-16/h3-13H,14H2,1-2H3. The predicted octanol–water partition coefficient (Wildman–Crippen LogP) is 5.27. The third-order valence-corrected chi connectivity index (χ3v) is 5.23. The molecular weight excluding hydrogens is 376 g/mol. The van der Waals surface area contributed by atoms with E-state index in [1.165, 1.54) is 7.11 Å². The average molecular weight is 395 g/mol. The van der Waals surface area contributed by atoms with Crippen LogP contribution in [0.2, 0.25) is 5.02 Å². The molecule has 0 aromatic heterocycles. The normalized spacial score (nSPS) is 18.2. The molecule has 1 unspecified atom stereocenters. The molecule has 1 atom stereocenters. The van der Waals surface area contributed by atoms with E-state index in [0.29, 0.717) is 27.8 Å². The molecular formula is C23H19ClO4. The molecule has 28 heavy (non-hydrogen) atoms. The summed E-state index contributed by atoms with van der Waals surface area (Å²) in [7, 11) is 3.09. The molecule has 0 aliphatic carbocycles. The quantitative estimate of drug-likeness (QED) is 0.605. The number of ether oxygens (including phenoxy) is 3. The Bertz CT molecular complexity index is 1030. The molecule has 3 aromatic carbocycles. The third-order valence-electron chi connectivity index (χ3n) is 5.00. The first-order valence-electron chi connectivity index (χ1n) is 8.87. The highest BCUT2D eigenvalue weighted by molar-refractivity contribution is 6.30. The molecule has 1 aliphatic heterocycles. The van der Waals surface area contributed by atoms with Gasteiger partial charge in [-0.1, -0.05) is 54.1 Å². The molecule has 0 saturated carbocycles. The minimum absolute atomic E-state index is 0.0652. The fourth-order valence-corrected chi connectivity index (χ4v) is 3.86. The molecule has 4 nitrogen and oxygen atoms in total. The van der Waals surface area contributed by atoms with Gasteiger partial charge in [0, 0.05) is 28.3 Å². The van der Waals surface area contributed by atoms with Crippen molar-refractivity contribution in [2.75, 3.05) is 14.2 Å². The topological polar surface area (TPSA) is 44.8 Å². The van der Waals surface area contributed by atoms with Gasteiger partial charge in [-0.15, -0.1) is 0 Å². The first-order valence-corrected chi connectivity index (χ1v) is 9.25. The second kappa shape index (κ2) is 7.21. The summed E-state index contributed by atoms with van der Waals surface area (Å²) in [6.45, 7) is 0. The van der Waals surface area contributed by atoms with E-state index in [1.54, 1.807) is 25.3 Å². The van der Waals surface area contributed by atoms with Gasteiger partial charge in [-0.25, -0.2) is 0 Å². The summed E-state index contributed by atoms with van der Waals surface area (Å²) in [5, 5.41) is 0.581. The van der Waals surface area contributed by atoms with Gasteiger partial charge in [-0.05, 0) is 12.1 Å². The summed E-state index contributed by atoms with van der Waals surface area (Å²) in [5.41, 5.74) is 1.12. The molecule has 0 radical (unpaired) electrons. The molecule has 0 bridgehead atoms. The lowest BCUT2D eigenvalue weighted by molar-refractivity contribution is 0.0609. The number of hydrogen-bond acceptors (Lipinski definition) is 4. The molecule has 1 heterocycles. The van der Waals surface area contributed by atoms with Crippen molar-refractivity contribution in [1.82, 2.24) is 0 Å². The maximum atomic E-state index is 13.3. The van der Waals surface area contributed by atoms with Gasteiger partial charge in [0.25, 0.3) is 0 Å². The zero-order chi connectivity index (χ0) is 19.7. The minimum atomic E-state index is -0.992. The zero-order valence-electron chi connectivity index (χ0n) is 15.6. The van der Waals surface area contributed by atoms with Crippen molar-refractivity contribution in [3.8, 4) is 17.2 Å². The lowest BCUT2D eigenvalue weighted by Gasteiger charge is -2.39. The van der Waals surface area contributed by atoms with E-state index in [9.17, 15) is 4.79 Å². The van der Waals surface area contributed by atoms with Crippen LogP contribution in [0.1, 0.15) is 27.9 Å². The molecule has 5 heteroatoms. The molecule has 0 fully saturated rings. The Balaban J connectivity index is 1.96. The number of Topliss-reactive ketones (excluding diaryl/α,β-unsaturated/α-hetero) is 1. The lowest BCUT2D eigenvalue weighted by atomic mass is 9.79. The van der Waals surface area contributed by atoms with Gasteiger partial charge in [0.1, 0.15) is 22.8 Å². The van der Waals surface area contributed by atoms with Crippen LogP contribution < -0.4 is 14.2 Å². The van der Waals surface area contributed by atoms with E-state index in [0.717, 1.165) is 11.1 Å². The average Bonchev–Trinajstić information content (AvgIpc) is 2.73. The smallest absolute Gasteiger partial charge is 0.175 e. The monoisotopic (exact) mass is 394 g/mol. The van der Waals surface area contributed by atoms with Gasteiger partial charge in [0.15, 0.2) is 11.4 Å². The maximum absolute atomic E-state index is 13.3. The van der Waals surface area contributed by atoms with Gasteiger partial charge in [-0.3, -0.25) is 4.79 Å². The molecule has 0 N–H and O–H groups in total. The van der Waals surface area contributed by atoms with Crippen molar-refractivity contribution in [2.45, 2.75) is 12.0 Å². The van der Waals surface area contributed by atoms with Crippen LogP contribution >= 0.6 is 11.6 Å². The van der Waals surface area contributed by atoms with Crippen LogP contribution in [0.25, 0.3) is 0 Å². The van der Waals surface area contributed by atoms with Crippen LogP contribution in [0.3, 0.4) is 0 Å². The molecule has 4 rings (SSSR count). The Morgan fingerprint density at radius 2 is 1.68 bits per heavy atom. The molecule has 0 amide bonds. The SMILES string of the molecule is COc1cc(OC)c2c(c1)OC(c1ccccc1)(c1cccc(Cl)c1)CC2=O. The minimum Gasteiger partial charge on any atom is -0.496 e. The van der Waals surface area contributed by atoms with Crippen LogP contribution in [0.5, 0.6) is 17.2 Å². The summed E-state index contributed by atoms with van der Waals surface area (Å²) in [6.07, 6.45) is 0.132. The summed E-state index contributed by atoms with van der Waals surface area (Å²) in [6, 6.07) is 20.5. The molecule has 142 valence electrons. The Kier molecular flexibility index (Phi) is 4.73. The van der Waals surface area contributed by atoms with Crippen molar-refractivity contribution in [1.29, 1.82) is 0 Å². The predicted molar refractivity (Wildman–Crippen MR) is 108 cm³/mol. The van der Waals surface area contributed by atoms with Crippen molar-refractivity contribution >= 4 is 17.4 Å². The first-order chi connectivity index (χ1) is 13.6. The van der Waals surface area contributed by atoms with Crippen LogP contribution in [0.4, 0.5) is 0 Å². The lowest BCUT2D eigenvalue weighted by Crippen LogP contribution is -2.40. The van der Waals surface area contributed by atoms with E-state index in [-0.39, 0.29) is 12.2 Å². The largest absolute Gasteiger partial charge is 0.496 e. The molecule has 0 spiro atoms. The van der Waals surface area contributed by atoms with E-state index < -0.39 is 5.60 Å². The summed E-state index contributed by atoms with van der Waals surface area (Å²) < 4.78 is 17.3. The highest BCUT2D eigenvalue weighted by Gasteiger charge is 2.45. The van der Waals surface area contributed by atoms with E-state index in [1.807, 2.05) is 48.5 Å². The van der Waals surface area contributed by atoms with Crippen molar-refractivity contribution < 1.29 is 19.0 Å².